The van der Waals surface area contributed by atoms with E-state index in [1.165, 1.54) is 0 Å². The topological polar surface area (TPSA) is 61.4 Å². The van der Waals surface area contributed by atoms with Crippen LogP contribution in [-0.2, 0) is 10.0 Å². The third-order valence-corrected chi connectivity index (χ3v) is 5.09. The molecule has 1 atom stereocenters. The average molecular weight is 291 g/mol. The predicted octanol–water partition coefficient (Wildman–Crippen LogP) is 0.777. The van der Waals surface area contributed by atoms with Crippen LogP contribution in [0.2, 0.25) is 0 Å². The van der Waals surface area contributed by atoms with Gasteiger partial charge in [0.2, 0.25) is 10.0 Å². The summed E-state index contributed by atoms with van der Waals surface area (Å²) >= 11 is 0. The van der Waals surface area contributed by atoms with Gasteiger partial charge in [-0.25, -0.2) is 13.1 Å². The van der Waals surface area contributed by atoms with Crippen molar-refractivity contribution in [2.24, 2.45) is 0 Å². The summed E-state index contributed by atoms with van der Waals surface area (Å²) in [5, 5.41) is 3.22. The Morgan fingerprint density at radius 2 is 1.89 bits per heavy atom. The molecule has 2 N–H and O–H groups in total. The van der Waals surface area contributed by atoms with E-state index in [1.54, 1.807) is 0 Å². The van der Waals surface area contributed by atoms with Crippen LogP contribution >= 0.6 is 0 Å². The molecule has 1 aliphatic heterocycles. The van der Waals surface area contributed by atoms with Gasteiger partial charge in [0.1, 0.15) is 0 Å². The Labute approximate surface area is 118 Å². The number of hydrogen-bond acceptors (Lipinski definition) is 4. The lowest BCUT2D eigenvalue weighted by atomic mass is 10.2. The van der Waals surface area contributed by atoms with Crippen molar-refractivity contribution in [3.63, 3.8) is 0 Å². The van der Waals surface area contributed by atoms with E-state index in [1.807, 2.05) is 0 Å². The van der Waals surface area contributed by atoms with Crippen molar-refractivity contribution in [1.29, 1.82) is 0 Å². The number of nitrogens with one attached hydrogen (secondary N) is 2. The fraction of sp³-hybridized carbons (Fsp3) is 1.00. The van der Waals surface area contributed by atoms with Crippen molar-refractivity contribution in [3.05, 3.63) is 0 Å². The van der Waals surface area contributed by atoms with Gasteiger partial charge in [0.25, 0.3) is 0 Å². The molecule has 5 nitrogen and oxygen atoms in total. The van der Waals surface area contributed by atoms with E-state index in [2.05, 4.69) is 42.6 Å². The molecule has 0 bridgehead atoms. The van der Waals surface area contributed by atoms with Crippen LogP contribution in [0.25, 0.3) is 0 Å². The van der Waals surface area contributed by atoms with Gasteiger partial charge in [-0.2, -0.15) is 0 Å². The number of nitrogens with zero attached hydrogens (tertiary/aromatic N) is 1. The highest BCUT2D eigenvalue weighted by Gasteiger charge is 2.22. The fourth-order valence-corrected chi connectivity index (χ4v) is 4.00. The molecule has 1 saturated heterocycles. The minimum Gasteiger partial charge on any atom is -0.313 e. The van der Waals surface area contributed by atoms with Crippen molar-refractivity contribution in [2.45, 2.75) is 58.7 Å². The quantitative estimate of drug-likeness (QED) is 0.694. The minimum absolute atomic E-state index is 0.129. The first-order valence-corrected chi connectivity index (χ1v) is 8.93. The minimum atomic E-state index is -3.15. The molecule has 1 aliphatic rings. The summed E-state index contributed by atoms with van der Waals surface area (Å²) in [5.41, 5.74) is 0. The van der Waals surface area contributed by atoms with E-state index >= 15 is 0 Å². The summed E-state index contributed by atoms with van der Waals surface area (Å²) < 4.78 is 26.6. The van der Waals surface area contributed by atoms with Gasteiger partial charge in [0, 0.05) is 31.2 Å². The lowest BCUT2D eigenvalue weighted by molar-refractivity contribution is 0.179. The highest BCUT2D eigenvalue weighted by Crippen LogP contribution is 2.07. The van der Waals surface area contributed by atoms with Crippen molar-refractivity contribution in [1.82, 2.24) is 14.9 Å². The molecule has 0 saturated carbocycles. The number of sulfonamides is 1. The van der Waals surface area contributed by atoms with Gasteiger partial charge in [0.05, 0.1) is 5.75 Å². The first-order valence-electron chi connectivity index (χ1n) is 7.28. The van der Waals surface area contributed by atoms with Crippen LogP contribution in [0, 0.1) is 0 Å². The Hall–Kier alpha value is -0.170. The van der Waals surface area contributed by atoms with E-state index in [0.29, 0.717) is 18.6 Å². The molecule has 0 aliphatic carbocycles. The lowest BCUT2D eigenvalue weighted by Crippen LogP contribution is -2.44. The molecular formula is C13H29N3O2S. The second-order valence-corrected chi connectivity index (χ2v) is 7.75. The standard InChI is InChI=1S/C13H29N3O2S/c1-11(2)16(12(3)4)9-8-15-19(17,18)10-13-6-5-7-14-13/h11-15H,5-10H2,1-4H3. The highest BCUT2D eigenvalue weighted by atomic mass is 32.2. The molecular weight excluding hydrogens is 262 g/mol. The molecule has 1 fully saturated rings. The summed E-state index contributed by atoms with van der Waals surface area (Å²) in [5.74, 6) is 0.205. The van der Waals surface area contributed by atoms with Gasteiger partial charge < -0.3 is 5.32 Å². The largest absolute Gasteiger partial charge is 0.313 e. The molecule has 1 heterocycles. The highest BCUT2D eigenvalue weighted by molar-refractivity contribution is 7.89. The molecule has 0 aromatic carbocycles. The van der Waals surface area contributed by atoms with Crippen molar-refractivity contribution >= 4 is 10.0 Å². The molecule has 114 valence electrons. The molecule has 19 heavy (non-hydrogen) atoms. The predicted molar refractivity (Wildman–Crippen MR) is 79.8 cm³/mol. The van der Waals surface area contributed by atoms with Crippen molar-refractivity contribution in [3.8, 4) is 0 Å². The van der Waals surface area contributed by atoms with Crippen molar-refractivity contribution in [2.75, 3.05) is 25.4 Å². The Kier molecular flexibility index (Phi) is 6.73. The maximum absolute atomic E-state index is 11.9. The second kappa shape index (κ2) is 7.57. The van der Waals surface area contributed by atoms with Gasteiger partial charge in [-0.1, -0.05) is 0 Å². The molecule has 0 aromatic rings. The summed E-state index contributed by atoms with van der Waals surface area (Å²) in [6.07, 6.45) is 2.04. The van der Waals surface area contributed by atoms with E-state index in [-0.39, 0.29) is 11.8 Å². The van der Waals surface area contributed by atoms with Gasteiger partial charge in [0.15, 0.2) is 0 Å². The normalized spacial score (nSPS) is 20.9. The molecule has 0 aromatic heterocycles. The Bertz CT molecular complexity index is 341. The van der Waals surface area contributed by atoms with Crippen LogP contribution in [0.15, 0.2) is 0 Å². The maximum atomic E-state index is 11.9. The maximum Gasteiger partial charge on any atom is 0.213 e. The molecule has 0 amide bonds. The second-order valence-electron chi connectivity index (χ2n) is 5.89. The van der Waals surface area contributed by atoms with Gasteiger partial charge in [-0.15, -0.1) is 0 Å². The van der Waals surface area contributed by atoms with Crippen LogP contribution in [0.4, 0.5) is 0 Å². The first-order chi connectivity index (χ1) is 8.82. The summed E-state index contributed by atoms with van der Waals surface area (Å²) in [6, 6.07) is 0.991. The van der Waals surface area contributed by atoms with E-state index in [0.717, 1.165) is 25.9 Å². The smallest absolute Gasteiger partial charge is 0.213 e. The van der Waals surface area contributed by atoms with Gasteiger partial charge in [-0.05, 0) is 47.1 Å². The third kappa shape index (κ3) is 6.21. The summed E-state index contributed by atoms with van der Waals surface area (Å²) in [7, 11) is -3.15. The molecule has 1 unspecified atom stereocenters. The van der Waals surface area contributed by atoms with E-state index < -0.39 is 10.0 Å². The number of hydrogen-bond donors (Lipinski definition) is 2. The number of rotatable bonds is 8. The monoisotopic (exact) mass is 291 g/mol. The van der Waals surface area contributed by atoms with Crippen LogP contribution < -0.4 is 10.0 Å². The van der Waals surface area contributed by atoms with Crippen LogP contribution in [0.1, 0.15) is 40.5 Å². The first kappa shape index (κ1) is 16.9. The molecule has 6 heteroatoms. The van der Waals surface area contributed by atoms with E-state index in [9.17, 15) is 8.42 Å². The van der Waals surface area contributed by atoms with Crippen LogP contribution in [0.5, 0.6) is 0 Å². The average Bonchev–Trinajstić information content (AvgIpc) is 2.75. The van der Waals surface area contributed by atoms with Crippen LogP contribution in [-0.4, -0.2) is 56.8 Å². The Morgan fingerprint density at radius 3 is 2.37 bits per heavy atom. The van der Waals surface area contributed by atoms with Gasteiger partial charge >= 0.3 is 0 Å². The molecule has 0 spiro atoms. The Balaban J connectivity index is 2.33. The van der Waals surface area contributed by atoms with Crippen molar-refractivity contribution < 1.29 is 8.42 Å². The summed E-state index contributed by atoms with van der Waals surface area (Å²) in [6.45, 7) is 10.7. The Morgan fingerprint density at radius 1 is 1.26 bits per heavy atom. The fourth-order valence-electron chi connectivity index (χ4n) is 2.67. The van der Waals surface area contributed by atoms with E-state index in [4.69, 9.17) is 0 Å². The molecule has 1 rings (SSSR count). The van der Waals surface area contributed by atoms with Gasteiger partial charge in [-0.3, -0.25) is 4.90 Å². The molecule has 0 radical (unpaired) electrons. The lowest BCUT2D eigenvalue weighted by Gasteiger charge is -2.30. The SMILES string of the molecule is CC(C)N(CCNS(=O)(=O)CC1CCCN1)C(C)C. The zero-order valence-corrected chi connectivity index (χ0v) is 13.5. The zero-order chi connectivity index (χ0) is 14.5. The third-order valence-electron chi connectivity index (χ3n) is 3.60. The zero-order valence-electron chi connectivity index (χ0n) is 12.6. The van der Waals surface area contributed by atoms with Crippen LogP contribution in [0.3, 0.4) is 0 Å². The summed E-state index contributed by atoms with van der Waals surface area (Å²) in [4.78, 5) is 2.29.